The molecule has 0 saturated heterocycles. The zero-order valence-electron chi connectivity index (χ0n) is 16.6. The van der Waals surface area contributed by atoms with Crippen LogP contribution in [0.3, 0.4) is 0 Å². The second-order valence-electron chi connectivity index (χ2n) is 6.94. The Bertz CT molecular complexity index is 484. The number of rotatable bonds is 14. The Balaban J connectivity index is 4.41. The van der Waals surface area contributed by atoms with Gasteiger partial charge in [-0.25, -0.2) is 10.1 Å². The van der Waals surface area contributed by atoms with Gasteiger partial charge in [0, 0.05) is 25.4 Å². The fraction of sp³-hybridized carbons (Fsp3) is 0.824. The Labute approximate surface area is 160 Å². The summed E-state index contributed by atoms with van der Waals surface area (Å²) >= 11 is 0. The first-order valence-corrected chi connectivity index (χ1v) is 9.54. The predicted octanol–water partition coefficient (Wildman–Crippen LogP) is 1.30. The molecular weight excluding hydrogens is 352 g/mol. The number of amides is 2. The van der Waals surface area contributed by atoms with E-state index in [0.29, 0.717) is 25.3 Å². The number of nitro groups is 1. The molecule has 10 nitrogen and oxygen atoms in total. The first kappa shape index (κ1) is 24.8. The number of guanidine groups is 1. The molecule has 0 radical (unpaired) electrons. The number of nitrogens with one attached hydrogen (secondary N) is 5. The zero-order chi connectivity index (χ0) is 20.7. The maximum Gasteiger partial charge on any atom is 0.258 e. The maximum absolute atomic E-state index is 12.1. The summed E-state index contributed by atoms with van der Waals surface area (Å²) in [7, 11) is 0. The van der Waals surface area contributed by atoms with E-state index in [0.717, 1.165) is 32.2 Å². The number of unbranched alkanes of at least 4 members (excludes halogenated alkanes) is 2. The van der Waals surface area contributed by atoms with Crippen molar-refractivity contribution in [3.05, 3.63) is 10.1 Å². The highest BCUT2D eigenvalue weighted by Gasteiger charge is 2.15. The topological polar surface area (TPSA) is 149 Å². The van der Waals surface area contributed by atoms with Gasteiger partial charge in [0.1, 0.15) is 0 Å². The molecule has 0 aliphatic rings. The molecule has 0 aliphatic heterocycles. The highest BCUT2D eigenvalue weighted by molar-refractivity contribution is 5.94. The van der Waals surface area contributed by atoms with E-state index in [4.69, 9.17) is 5.41 Å². The number of carbonyl (C=O) groups excluding carboxylic acids is 2. The van der Waals surface area contributed by atoms with E-state index in [-0.39, 0.29) is 18.4 Å². The van der Waals surface area contributed by atoms with Crippen LogP contribution in [-0.2, 0) is 9.59 Å². The summed E-state index contributed by atoms with van der Waals surface area (Å²) in [5, 5.41) is 24.9. The van der Waals surface area contributed by atoms with E-state index in [1.165, 1.54) is 0 Å². The predicted molar refractivity (Wildman–Crippen MR) is 104 cm³/mol. The molecule has 10 heteroatoms. The van der Waals surface area contributed by atoms with E-state index < -0.39 is 16.9 Å². The lowest BCUT2D eigenvalue weighted by molar-refractivity contribution is -0.525. The summed E-state index contributed by atoms with van der Waals surface area (Å²) in [6, 6.07) is -0.213. The molecule has 0 bridgehead atoms. The fourth-order valence-corrected chi connectivity index (χ4v) is 2.35. The first-order chi connectivity index (χ1) is 12.7. The van der Waals surface area contributed by atoms with Crippen LogP contribution in [0.25, 0.3) is 0 Å². The molecule has 0 aromatic carbocycles. The second-order valence-corrected chi connectivity index (χ2v) is 6.94. The molecule has 0 unspecified atom stereocenters. The van der Waals surface area contributed by atoms with Gasteiger partial charge in [-0.15, -0.1) is 0 Å². The molecule has 27 heavy (non-hydrogen) atoms. The van der Waals surface area contributed by atoms with E-state index in [1.54, 1.807) is 5.43 Å². The van der Waals surface area contributed by atoms with Crippen LogP contribution in [0.4, 0.5) is 0 Å². The molecule has 0 aromatic rings. The van der Waals surface area contributed by atoms with Crippen LogP contribution in [0.1, 0.15) is 65.7 Å². The molecular formula is C17H34N6O4. The molecule has 0 spiro atoms. The molecule has 156 valence electrons. The van der Waals surface area contributed by atoms with Gasteiger partial charge in [0.15, 0.2) is 5.03 Å². The van der Waals surface area contributed by atoms with Crippen LogP contribution in [0.2, 0.25) is 0 Å². The number of carbonyl (C=O) groups is 2. The van der Waals surface area contributed by atoms with Crippen molar-refractivity contribution in [2.75, 3.05) is 13.1 Å². The molecule has 0 fully saturated rings. The molecule has 0 aromatic heterocycles. The molecule has 5 N–H and O–H groups in total. The summed E-state index contributed by atoms with van der Waals surface area (Å²) in [6.45, 7) is 7.71. The number of hydrazine groups is 1. The van der Waals surface area contributed by atoms with Crippen LogP contribution in [0.15, 0.2) is 0 Å². The standard InChI is InChI=1S/C17H34N6O4/c1-4-5-6-7-15(24)20-14(12-19-11-10-13(2)3)8-9-16(25)21-17(18)22-23(26)27/h13-14,19H,4-12H2,1-3H3,(H,20,24)(H3,18,21,22,25)/t14-/m1/s1. The van der Waals surface area contributed by atoms with E-state index >= 15 is 0 Å². The summed E-state index contributed by atoms with van der Waals surface area (Å²) < 4.78 is 0. The minimum absolute atomic E-state index is 0.0396. The fourth-order valence-electron chi connectivity index (χ4n) is 2.35. The molecule has 0 saturated carbocycles. The number of hydrogen-bond donors (Lipinski definition) is 5. The van der Waals surface area contributed by atoms with Gasteiger partial charge in [-0.05, 0) is 31.7 Å². The van der Waals surface area contributed by atoms with Gasteiger partial charge in [-0.1, -0.05) is 39.0 Å². The maximum atomic E-state index is 12.1. The summed E-state index contributed by atoms with van der Waals surface area (Å²) in [6.07, 6.45) is 4.77. The Morgan fingerprint density at radius 1 is 1.11 bits per heavy atom. The average molecular weight is 386 g/mol. The van der Waals surface area contributed by atoms with Crippen molar-refractivity contribution >= 4 is 17.8 Å². The van der Waals surface area contributed by atoms with Crippen LogP contribution in [0.5, 0.6) is 0 Å². The van der Waals surface area contributed by atoms with Crippen LogP contribution < -0.4 is 21.4 Å². The molecule has 0 heterocycles. The summed E-state index contributed by atoms with van der Waals surface area (Å²) in [5.74, 6) is -0.658. The number of nitrogens with zero attached hydrogens (tertiary/aromatic N) is 1. The summed E-state index contributed by atoms with van der Waals surface area (Å²) in [5.41, 5.74) is 1.57. The van der Waals surface area contributed by atoms with Crippen LogP contribution in [0, 0.1) is 21.4 Å². The quantitative estimate of drug-likeness (QED) is 0.0998. The van der Waals surface area contributed by atoms with Gasteiger partial charge in [0.25, 0.3) is 5.96 Å². The van der Waals surface area contributed by atoms with Crippen molar-refractivity contribution < 1.29 is 14.6 Å². The van der Waals surface area contributed by atoms with Crippen molar-refractivity contribution in [3.8, 4) is 0 Å². The Morgan fingerprint density at radius 2 is 1.81 bits per heavy atom. The monoisotopic (exact) mass is 386 g/mol. The SMILES string of the molecule is CCCCCC(=O)N[C@H](CCC(=O)NC(=N)N[N+](=O)[O-])CNCCC(C)C. The number of hydrogen-bond acceptors (Lipinski definition) is 6. The summed E-state index contributed by atoms with van der Waals surface area (Å²) in [4.78, 5) is 34.1. The van der Waals surface area contributed by atoms with Crippen molar-refractivity contribution in [3.63, 3.8) is 0 Å². The van der Waals surface area contributed by atoms with E-state index in [9.17, 15) is 19.7 Å². The van der Waals surface area contributed by atoms with Gasteiger partial charge in [-0.3, -0.25) is 20.3 Å². The second kappa shape index (κ2) is 14.9. The van der Waals surface area contributed by atoms with Crippen LogP contribution in [-0.4, -0.2) is 41.9 Å². The van der Waals surface area contributed by atoms with E-state index in [1.807, 2.05) is 0 Å². The molecule has 2 amide bonds. The Hall–Kier alpha value is -2.23. The third kappa shape index (κ3) is 15.7. The highest BCUT2D eigenvalue weighted by Crippen LogP contribution is 2.03. The van der Waals surface area contributed by atoms with Gasteiger partial charge >= 0.3 is 0 Å². The Morgan fingerprint density at radius 3 is 2.41 bits per heavy atom. The van der Waals surface area contributed by atoms with Crippen molar-refractivity contribution in [1.29, 1.82) is 5.41 Å². The normalized spacial score (nSPS) is 11.7. The minimum Gasteiger partial charge on any atom is -0.352 e. The van der Waals surface area contributed by atoms with Crippen molar-refractivity contribution in [2.45, 2.75) is 71.8 Å². The zero-order valence-corrected chi connectivity index (χ0v) is 16.6. The highest BCUT2D eigenvalue weighted by atomic mass is 16.7. The van der Waals surface area contributed by atoms with Crippen molar-refractivity contribution in [1.82, 2.24) is 21.4 Å². The van der Waals surface area contributed by atoms with Gasteiger partial charge in [0.05, 0.1) is 0 Å². The molecule has 0 aliphatic carbocycles. The third-order valence-electron chi connectivity index (χ3n) is 3.85. The lowest BCUT2D eigenvalue weighted by atomic mass is 10.1. The lowest BCUT2D eigenvalue weighted by Crippen LogP contribution is -2.45. The van der Waals surface area contributed by atoms with Gasteiger partial charge in [-0.2, -0.15) is 0 Å². The van der Waals surface area contributed by atoms with Crippen LogP contribution >= 0.6 is 0 Å². The average Bonchev–Trinajstić information content (AvgIpc) is 2.55. The smallest absolute Gasteiger partial charge is 0.258 e. The molecule has 1 atom stereocenters. The first-order valence-electron chi connectivity index (χ1n) is 9.54. The molecule has 0 rings (SSSR count). The van der Waals surface area contributed by atoms with Gasteiger partial charge < -0.3 is 10.6 Å². The van der Waals surface area contributed by atoms with Gasteiger partial charge in [0.2, 0.25) is 11.8 Å². The van der Waals surface area contributed by atoms with E-state index in [2.05, 4.69) is 36.7 Å². The third-order valence-corrected chi connectivity index (χ3v) is 3.85. The van der Waals surface area contributed by atoms with Crippen molar-refractivity contribution in [2.24, 2.45) is 5.92 Å². The Kier molecular flexibility index (Phi) is 13.7. The largest absolute Gasteiger partial charge is 0.352 e. The lowest BCUT2D eigenvalue weighted by Gasteiger charge is -2.20. The minimum atomic E-state index is -0.916.